The van der Waals surface area contributed by atoms with Gasteiger partial charge in [0.25, 0.3) is 0 Å². The van der Waals surface area contributed by atoms with E-state index >= 15 is 0 Å². The van der Waals surface area contributed by atoms with E-state index < -0.39 is 0 Å². The number of hydrogen-bond acceptors (Lipinski definition) is 6. The molecule has 2 fully saturated rings. The molecular formula is C22H28N6O. The fourth-order valence-corrected chi connectivity index (χ4v) is 4.58. The largest absolute Gasteiger partial charge is 0.393 e. The monoisotopic (exact) mass is 392 g/mol. The first-order chi connectivity index (χ1) is 14.3. The van der Waals surface area contributed by atoms with E-state index in [2.05, 4.69) is 20.2 Å². The van der Waals surface area contributed by atoms with Gasteiger partial charge in [0.2, 0.25) is 5.95 Å². The van der Waals surface area contributed by atoms with Crippen LogP contribution in [0.3, 0.4) is 0 Å². The number of para-hydroxylation sites is 1. The molecule has 0 bridgehead atoms. The van der Waals surface area contributed by atoms with Gasteiger partial charge in [-0.25, -0.2) is 4.98 Å². The Morgan fingerprint density at radius 1 is 0.931 bits per heavy atom. The second kappa shape index (κ2) is 7.99. The number of fused-ring (bicyclic) bond motifs is 1. The number of aliphatic hydroxyl groups is 1. The molecule has 5 rings (SSSR count). The van der Waals surface area contributed by atoms with Gasteiger partial charge in [-0.2, -0.15) is 9.97 Å². The average molecular weight is 393 g/mol. The zero-order valence-electron chi connectivity index (χ0n) is 16.6. The van der Waals surface area contributed by atoms with Crippen LogP contribution in [0.2, 0.25) is 0 Å². The maximum absolute atomic E-state index is 9.79. The Morgan fingerprint density at radius 2 is 1.69 bits per heavy atom. The van der Waals surface area contributed by atoms with E-state index in [1.165, 1.54) is 25.7 Å². The van der Waals surface area contributed by atoms with Crippen molar-refractivity contribution in [3.05, 3.63) is 36.7 Å². The van der Waals surface area contributed by atoms with Gasteiger partial charge in [0.05, 0.1) is 12.4 Å². The van der Waals surface area contributed by atoms with Gasteiger partial charge in [-0.15, -0.1) is 0 Å². The summed E-state index contributed by atoms with van der Waals surface area (Å²) in [7, 11) is 0. The van der Waals surface area contributed by atoms with Crippen molar-refractivity contribution >= 4 is 28.6 Å². The molecule has 0 atom stereocenters. The fraction of sp³-hybridized carbons (Fsp3) is 0.500. The molecule has 2 aliphatic rings. The molecule has 29 heavy (non-hydrogen) atoms. The van der Waals surface area contributed by atoms with E-state index in [1.807, 2.05) is 36.7 Å². The predicted octanol–water partition coefficient (Wildman–Crippen LogP) is 4.40. The van der Waals surface area contributed by atoms with E-state index in [0.29, 0.717) is 18.0 Å². The highest BCUT2D eigenvalue weighted by atomic mass is 16.3. The Morgan fingerprint density at radius 3 is 2.45 bits per heavy atom. The third kappa shape index (κ3) is 3.92. The Kier molecular flexibility index (Phi) is 5.06. The zero-order chi connectivity index (χ0) is 19.6. The summed E-state index contributed by atoms with van der Waals surface area (Å²) < 4.78 is 2.23. The second-order valence-corrected chi connectivity index (χ2v) is 8.30. The van der Waals surface area contributed by atoms with Gasteiger partial charge in [-0.3, -0.25) is 0 Å². The molecule has 3 N–H and O–H groups in total. The lowest BCUT2D eigenvalue weighted by Crippen LogP contribution is -2.29. The van der Waals surface area contributed by atoms with Crippen molar-refractivity contribution in [1.82, 2.24) is 19.5 Å². The number of rotatable bonds is 5. The molecule has 2 saturated carbocycles. The topological polar surface area (TPSA) is 87.9 Å². The van der Waals surface area contributed by atoms with Crippen LogP contribution in [0.1, 0.15) is 57.4 Å². The number of aromatic nitrogens is 4. The van der Waals surface area contributed by atoms with Crippen molar-refractivity contribution in [3.8, 4) is 0 Å². The van der Waals surface area contributed by atoms with Crippen LogP contribution in [0.5, 0.6) is 0 Å². The van der Waals surface area contributed by atoms with E-state index in [-0.39, 0.29) is 6.10 Å². The predicted molar refractivity (Wildman–Crippen MR) is 114 cm³/mol. The summed E-state index contributed by atoms with van der Waals surface area (Å²) in [5.41, 5.74) is 2.68. The molecule has 0 radical (unpaired) electrons. The minimum absolute atomic E-state index is 0.171. The van der Waals surface area contributed by atoms with E-state index in [1.54, 1.807) is 0 Å². The fourth-order valence-electron chi connectivity index (χ4n) is 4.58. The van der Waals surface area contributed by atoms with Crippen LogP contribution >= 0.6 is 0 Å². The van der Waals surface area contributed by atoms with Crippen molar-refractivity contribution in [2.24, 2.45) is 0 Å². The van der Waals surface area contributed by atoms with Gasteiger partial charge < -0.3 is 20.3 Å². The maximum atomic E-state index is 9.79. The van der Waals surface area contributed by atoms with Crippen molar-refractivity contribution in [2.45, 2.75) is 69.6 Å². The van der Waals surface area contributed by atoms with Gasteiger partial charge in [0, 0.05) is 17.8 Å². The van der Waals surface area contributed by atoms with Crippen LogP contribution in [0.4, 0.5) is 17.5 Å². The van der Waals surface area contributed by atoms with Crippen LogP contribution in [-0.2, 0) is 0 Å². The summed E-state index contributed by atoms with van der Waals surface area (Å²) in [6.07, 6.45) is 10.2. The summed E-state index contributed by atoms with van der Waals surface area (Å²) in [6.45, 7) is 0. The smallest absolute Gasteiger partial charge is 0.227 e. The molecule has 7 heteroatoms. The van der Waals surface area contributed by atoms with E-state index in [4.69, 9.17) is 9.97 Å². The summed E-state index contributed by atoms with van der Waals surface area (Å²) in [4.78, 5) is 14.3. The molecule has 3 aromatic rings. The normalized spacial score (nSPS) is 22.8. The van der Waals surface area contributed by atoms with Crippen LogP contribution in [-0.4, -0.2) is 36.8 Å². The Labute approximate surface area is 170 Å². The molecule has 0 spiro atoms. The zero-order valence-corrected chi connectivity index (χ0v) is 16.6. The molecule has 1 aromatic carbocycles. The molecular weight excluding hydrogens is 364 g/mol. The number of benzene rings is 1. The highest BCUT2D eigenvalue weighted by molar-refractivity contribution is 5.86. The number of anilines is 3. The van der Waals surface area contributed by atoms with Crippen molar-refractivity contribution in [2.75, 3.05) is 10.6 Å². The number of aliphatic hydroxyl groups excluding tert-OH is 1. The quantitative estimate of drug-likeness (QED) is 0.596. The summed E-state index contributed by atoms with van der Waals surface area (Å²) in [5, 5.41) is 16.7. The van der Waals surface area contributed by atoms with E-state index in [0.717, 1.165) is 48.4 Å². The standard InChI is InChI=1S/C22H28N6O/c29-18-12-10-16(11-13-18)25-22-26-20(24-15-6-2-1-3-7-15)19-21(27-22)28(14-23-19)17-8-4-5-9-17/h1-3,6-7,14,16-18,29H,4-5,8-13H2,(H2,24,25,26,27)/t16-,18-. The molecule has 0 aliphatic heterocycles. The molecule has 7 nitrogen and oxygen atoms in total. The van der Waals surface area contributed by atoms with Gasteiger partial charge in [-0.05, 0) is 50.7 Å². The lowest BCUT2D eigenvalue weighted by molar-refractivity contribution is 0.126. The molecule has 0 saturated heterocycles. The van der Waals surface area contributed by atoms with Crippen molar-refractivity contribution in [1.29, 1.82) is 0 Å². The Hall–Kier alpha value is -2.67. The van der Waals surface area contributed by atoms with Crippen molar-refractivity contribution < 1.29 is 5.11 Å². The second-order valence-electron chi connectivity index (χ2n) is 8.30. The van der Waals surface area contributed by atoms with Gasteiger partial charge in [0.1, 0.15) is 0 Å². The first-order valence-corrected chi connectivity index (χ1v) is 10.8. The third-order valence-corrected chi connectivity index (χ3v) is 6.21. The molecule has 2 aromatic heterocycles. The lowest BCUT2D eigenvalue weighted by Gasteiger charge is -2.26. The van der Waals surface area contributed by atoms with Crippen LogP contribution < -0.4 is 10.6 Å². The molecule has 2 aliphatic carbocycles. The maximum Gasteiger partial charge on any atom is 0.227 e. The number of imidazole rings is 1. The minimum atomic E-state index is -0.171. The third-order valence-electron chi connectivity index (χ3n) is 6.21. The lowest BCUT2D eigenvalue weighted by atomic mass is 9.93. The number of hydrogen-bond donors (Lipinski definition) is 3. The Bertz CT molecular complexity index is 958. The number of nitrogens with one attached hydrogen (secondary N) is 2. The molecule has 2 heterocycles. The highest BCUT2D eigenvalue weighted by Crippen LogP contribution is 2.34. The molecule has 0 unspecified atom stereocenters. The van der Waals surface area contributed by atoms with E-state index in [9.17, 15) is 5.11 Å². The number of nitrogens with zero attached hydrogens (tertiary/aromatic N) is 4. The van der Waals surface area contributed by atoms with Gasteiger partial charge in [0.15, 0.2) is 17.0 Å². The first-order valence-electron chi connectivity index (χ1n) is 10.8. The van der Waals surface area contributed by atoms with Crippen LogP contribution in [0.25, 0.3) is 11.2 Å². The summed E-state index contributed by atoms with van der Waals surface area (Å²) in [6, 6.07) is 10.8. The molecule has 0 amide bonds. The van der Waals surface area contributed by atoms with Gasteiger partial charge >= 0.3 is 0 Å². The summed E-state index contributed by atoms with van der Waals surface area (Å²) >= 11 is 0. The summed E-state index contributed by atoms with van der Waals surface area (Å²) in [5.74, 6) is 1.37. The van der Waals surface area contributed by atoms with Gasteiger partial charge in [-0.1, -0.05) is 31.0 Å². The Balaban J connectivity index is 1.50. The van der Waals surface area contributed by atoms with Crippen LogP contribution in [0, 0.1) is 0 Å². The first kappa shape index (κ1) is 18.4. The highest BCUT2D eigenvalue weighted by Gasteiger charge is 2.24. The molecule has 152 valence electrons. The SMILES string of the molecule is O[C@H]1CC[C@H](Nc2nc(Nc3ccccc3)c3ncn(C4CCCC4)c3n2)CC1. The minimum Gasteiger partial charge on any atom is -0.393 e. The van der Waals surface area contributed by atoms with Crippen molar-refractivity contribution in [3.63, 3.8) is 0 Å². The van der Waals surface area contributed by atoms with Crippen LogP contribution in [0.15, 0.2) is 36.7 Å². The average Bonchev–Trinajstić information content (AvgIpc) is 3.40.